The van der Waals surface area contributed by atoms with E-state index in [1.165, 1.54) is 0 Å². The largest absolute Gasteiger partial charge is 0.514 e. The molecule has 1 aliphatic heterocycles. The molecule has 8 heteroatoms. The average molecular weight is 450 g/mol. The van der Waals surface area contributed by atoms with Gasteiger partial charge in [-0.25, -0.2) is 4.79 Å². The van der Waals surface area contributed by atoms with Crippen molar-refractivity contribution in [1.82, 2.24) is 9.80 Å². The molecule has 1 N–H and O–H groups in total. The number of hydrogen-bond acceptors (Lipinski definition) is 6. The lowest BCUT2D eigenvalue weighted by Gasteiger charge is -2.35. The van der Waals surface area contributed by atoms with Crippen LogP contribution in [0.4, 0.5) is 4.79 Å². The maximum atomic E-state index is 12.9. The summed E-state index contributed by atoms with van der Waals surface area (Å²) in [6, 6.07) is 14.4. The topological polar surface area (TPSA) is 96.4 Å². The number of benzene rings is 2. The molecular weight excluding hydrogens is 424 g/mol. The highest BCUT2D eigenvalue weighted by Gasteiger charge is 2.50. The Morgan fingerprint density at radius 1 is 0.879 bits per heavy atom. The molecule has 172 valence electrons. The molecular formula is C25H26N2O6. The lowest BCUT2D eigenvalue weighted by molar-refractivity contribution is -0.143. The number of carbonyl (C=O) groups is 3. The van der Waals surface area contributed by atoms with Gasteiger partial charge in [0.1, 0.15) is 17.5 Å². The smallest absolute Gasteiger partial charge is 0.431 e. The summed E-state index contributed by atoms with van der Waals surface area (Å²) in [5.41, 5.74) is 1.15. The van der Waals surface area contributed by atoms with Gasteiger partial charge in [0.05, 0.1) is 0 Å². The van der Waals surface area contributed by atoms with Crippen molar-refractivity contribution in [1.29, 1.82) is 0 Å². The van der Waals surface area contributed by atoms with E-state index in [0.29, 0.717) is 50.3 Å². The monoisotopic (exact) mass is 450 g/mol. The first-order valence-electron chi connectivity index (χ1n) is 11.3. The first-order valence-corrected chi connectivity index (χ1v) is 11.3. The standard InChI is InChI=1S/C25H26N2O6/c28-22(26-12-14-27(15-13-26)23(29)25(31)10-11-25)18-6-4-17(5-7-18)19-2-1-3-21(16-19)33-24(30)32-20-8-9-20/h1-7,16,20,31H,8-15H2. The van der Waals surface area contributed by atoms with Crippen LogP contribution in [0.5, 0.6) is 5.75 Å². The number of amides is 2. The number of ether oxygens (including phenoxy) is 2. The fourth-order valence-electron chi connectivity index (χ4n) is 3.91. The Labute approximate surface area is 191 Å². The maximum Gasteiger partial charge on any atom is 0.514 e. The third kappa shape index (κ3) is 4.85. The van der Waals surface area contributed by atoms with Crippen LogP contribution < -0.4 is 4.74 Å². The number of piperazine rings is 1. The molecule has 2 saturated carbocycles. The van der Waals surface area contributed by atoms with E-state index in [0.717, 1.165) is 24.0 Å². The Morgan fingerprint density at radius 2 is 1.55 bits per heavy atom. The summed E-state index contributed by atoms with van der Waals surface area (Å²) in [5, 5.41) is 10.0. The summed E-state index contributed by atoms with van der Waals surface area (Å²) in [5.74, 6) is 0.103. The van der Waals surface area contributed by atoms with Crippen molar-refractivity contribution in [3.63, 3.8) is 0 Å². The molecule has 0 bridgehead atoms. The van der Waals surface area contributed by atoms with Gasteiger partial charge in [0.2, 0.25) is 0 Å². The molecule has 0 radical (unpaired) electrons. The van der Waals surface area contributed by atoms with Crippen LogP contribution >= 0.6 is 0 Å². The number of hydrogen-bond donors (Lipinski definition) is 1. The molecule has 0 aromatic heterocycles. The van der Waals surface area contributed by atoms with Gasteiger partial charge in [-0.2, -0.15) is 0 Å². The molecule has 2 aromatic rings. The number of carbonyl (C=O) groups excluding carboxylic acids is 3. The predicted octanol–water partition coefficient (Wildman–Crippen LogP) is 2.84. The quantitative estimate of drug-likeness (QED) is 0.556. The predicted molar refractivity (Wildman–Crippen MR) is 119 cm³/mol. The summed E-state index contributed by atoms with van der Waals surface area (Å²) in [7, 11) is 0. The highest BCUT2D eigenvalue weighted by atomic mass is 16.7. The van der Waals surface area contributed by atoms with E-state index >= 15 is 0 Å². The normalized spacial score (nSPS) is 19.1. The molecule has 1 heterocycles. The zero-order valence-corrected chi connectivity index (χ0v) is 18.2. The van der Waals surface area contributed by atoms with Gasteiger partial charge in [-0.3, -0.25) is 9.59 Å². The second-order valence-electron chi connectivity index (χ2n) is 8.89. The third-order valence-corrected chi connectivity index (χ3v) is 6.26. The Bertz CT molecular complexity index is 1070. The van der Waals surface area contributed by atoms with Gasteiger partial charge in [-0.05, 0) is 61.1 Å². The van der Waals surface area contributed by atoms with Crippen molar-refractivity contribution < 1.29 is 29.0 Å². The summed E-state index contributed by atoms with van der Waals surface area (Å²) in [6.07, 6.45) is 2.12. The Morgan fingerprint density at radius 3 is 2.18 bits per heavy atom. The molecule has 0 spiro atoms. The van der Waals surface area contributed by atoms with Crippen LogP contribution in [-0.2, 0) is 9.53 Å². The third-order valence-electron chi connectivity index (χ3n) is 6.26. The zero-order chi connectivity index (χ0) is 23.0. The van der Waals surface area contributed by atoms with E-state index in [1.54, 1.807) is 40.1 Å². The van der Waals surface area contributed by atoms with E-state index < -0.39 is 11.8 Å². The van der Waals surface area contributed by atoms with Crippen molar-refractivity contribution in [3.05, 3.63) is 54.1 Å². The SMILES string of the molecule is O=C(Oc1cccc(-c2ccc(C(=O)N3CCN(C(=O)C4(O)CC4)CC3)cc2)c1)OC1CC1. The molecule has 5 rings (SSSR count). The minimum absolute atomic E-state index is 0.0151. The number of nitrogens with zero attached hydrogens (tertiary/aromatic N) is 2. The van der Waals surface area contributed by atoms with Crippen molar-refractivity contribution in [3.8, 4) is 16.9 Å². The fourth-order valence-corrected chi connectivity index (χ4v) is 3.91. The lowest BCUT2D eigenvalue weighted by atomic mass is 10.0. The van der Waals surface area contributed by atoms with Gasteiger partial charge in [0.15, 0.2) is 0 Å². The van der Waals surface area contributed by atoms with Gasteiger partial charge in [-0.15, -0.1) is 0 Å². The van der Waals surface area contributed by atoms with E-state index in [-0.39, 0.29) is 17.9 Å². The average Bonchev–Trinajstić information content (AvgIpc) is 3.77. The van der Waals surface area contributed by atoms with Crippen LogP contribution in [0.2, 0.25) is 0 Å². The highest BCUT2D eigenvalue weighted by Crippen LogP contribution is 2.37. The summed E-state index contributed by atoms with van der Waals surface area (Å²) < 4.78 is 10.4. The van der Waals surface area contributed by atoms with E-state index in [9.17, 15) is 19.5 Å². The van der Waals surface area contributed by atoms with Crippen molar-refractivity contribution >= 4 is 18.0 Å². The highest BCUT2D eigenvalue weighted by molar-refractivity contribution is 5.95. The minimum Gasteiger partial charge on any atom is -0.431 e. The molecule has 33 heavy (non-hydrogen) atoms. The van der Waals surface area contributed by atoms with Crippen LogP contribution in [0.25, 0.3) is 11.1 Å². The summed E-state index contributed by atoms with van der Waals surface area (Å²) >= 11 is 0. The van der Waals surface area contributed by atoms with Gasteiger partial charge < -0.3 is 24.4 Å². The Hall–Kier alpha value is -3.39. The molecule has 8 nitrogen and oxygen atoms in total. The molecule has 0 atom stereocenters. The van der Waals surface area contributed by atoms with E-state index in [4.69, 9.17) is 9.47 Å². The van der Waals surface area contributed by atoms with Crippen molar-refractivity contribution in [2.24, 2.45) is 0 Å². The Balaban J connectivity index is 1.19. The second kappa shape index (κ2) is 8.51. The molecule has 1 saturated heterocycles. The van der Waals surface area contributed by atoms with Crippen LogP contribution in [0.1, 0.15) is 36.0 Å². The molecule has 2 aliphatic carbocycles. The number of rotatable bonds is 5. The minimum atomic E-state index is -1.16. The number of aliphatic hydroxyl groups is 1. The Kier molecular flexibility index (Phi) is 5.54. The molecule has 3 fully saturated rings. The van der Waals surface area contributed by atoms with E-state index in [1.807, 2.05) is 18.2 Å². The van der Waals surface area contributed by atoms with E-state index in [2.05, 4.69) is 0 Å². The first-order chi connectivity index (χ1) is 15.9. The van der Waals surface area contributed by atoms with Gasteiger partial charge >= 0.3 is 6.16 Å². The summed E-state index contributed by atoms with van der Waals surface area (Å²) in [4.78, 5) is 40.3. The zero-order valence-electron chi connectivity index (χ0n) is 18.2. The van der Waals surface area contributed by atoms with Crippen LogP contribution in [-0.4, -0.2) is 70.8 Å². The first kappa shape index (κ1) is 21.5. The van der Waals surface area contributed by atoms with Crippen LogP contribution in [0, 0.1) is 0 Å². The molecule has 2 amide bonds. The van der Waals surface area contributed by atoms with Gasteiger partial charge in [-0.1, -0.05) is 24.3 Å². The summed E-state index contributed by atoms with van der Waals surface area (Å²) in [6.45, 7) is 1.75. The maximum absolute atomic E-state index is 12.9. The second-order valence-corrected chi connectivity index (χ2v) is 8.89. The van der Waals surface area contributed by atoms with Gasteiger partial charge in [0.25, 0.3) is 11.8 Å². The molecule has 3 aliphatic rings. The van der Waals surface area contributed by atoms with Crippen LogP contribution in [0.3, 0.4) is 0 Å². The molecule has 0 unspecified atom stereocenters. The van der Waals surface area contributed by atoms with Gasteiger partial charge in [0, 0.05) is 31.7 Å². The lowest BCUT2D eigenvalue weighted by Crippen LogP contribution is -2.53. The van der Waals surface area contributed by atoms with Crippen molar-refractivity contribution in [2.45, 2.75) is 37.4 Å². The van der Waals surface area contributed by atoms with Crippen LogP contribution in [0.15, 0.2) is 48.5 Å². The van der Waals surface area contributed by atoms with Crippen molar-refractivity contribution in [2.75, 3.05) is 26.2 Å². The fraction of sp³-hybridized carbons (Fsp3) is 0.400. The molecule has 2 aromatic carbocycles.